The first-order chi connectivity index (χ1) is 8.18. The van der Waals surface area contributed by atoms with Crippen LogP contribution < -0.4 is 0 Å². The minimum atomic E-state index is -1.00. The number of Topliss-reactive ketones (excluding diaryl/α,β-unsaturated/α-hetero) is 1. The Kier molecular flexibility index (Phi) is 3.35. The summed E-state index contributed by atoms with van der Waals surface area (Å²) in [5, 5.41) is 10.8. The summed E-state index contributed by atoms with van der Waals surface area (Å²) in [7, 11) is 0. The maximum absolute atomic E-state index is 11.9. The van der Waals surface area contributed by atoms with Gasteiger partial charge in [0.05, 0.1) is 10.4 Å². The van der Waals surface area contributed by atoms with Crippen molar-refractivity contribution in [1.29, 1.82) is 0 Å². The van der Waals surface area contributed by atoms with Crippen molar-refractivity contribution in [2.75, 3.05) is 0 Å². The number of ketones is 1. The minimum absolute atomic E-state index is 0.0475. The summed E-state index contributed by atoms with van der Waals surface area (Å²) in [6.07, 6.45) is 0.128. The fourth-order valence-electron chi connectivity index (χ4n) is 1.58. The average Bonchev–Trinajstić information content (AvgIpc) is 2.83. The largest absolute Gasteiger partial charge is 0.478 e. The molecule has 0 fully saturated rings. The fourth-order valence-corrected chi connectivity index (χ4v) is 2.24. The minimum Gasteiger partial charge on any atom is -0.478 e. The second-order valence-electron chi connectivity index (χ2n) is 3.54. The molecule has 1 aromatic carbocycles. The lowest BCUT2D eigenvalue weighted by Gasteiger charge is -2.03. The molecule has 0 atom stereocenters. The number of hydrogen-bond donors (Lipinski definition) is 1. The Morgan fingerprint density at radius 1 is 1.12 bits per heavy atom. The third-order valence-corrected chi connectivity index (χ3v) is 3.31. The van der Waals surface area contributed by atoms with Crippen LogP contribution in [0.2, 0.25) is 0 Å². The van der Waals surface area contributed by atoms with Gasteiger partial charge in [0.15, 0.2) is 5.78 Å². The molecule has 0 aliphatic heterocycles. The van der Waals surface area contributed by atoms with Gasteiger partial charge in [-0.05, 0) is 23.1 Å². The Labute approximate surface area is 102 Å². The Hall–Kier alpha value is -1.94. The summed E-state index contributed by atoms with van der Waals surface area (Å²) in [5.41, 5.74) is 0.746. The Balaban J connectivity index is 2.25. The molecule has 0 aliphatic rings. The van der Waals surface area contributed by atoms with Crippen molar-refractivity contribution in [3.8, 4) is 0 Å². The van der Waals surface area contributed by atoms with Crippen molar-refractivity contribution < 1.29 is 14.7 Å². The van der Waals surface area contributed by atoms with E-state index in [1.165, 1.54) is 17.4 Å². The van der Waals surface area contributed by atoms with E-state index in [1.54, 1.807) is 30.3 Å². The molecule has 1 heterocycles. The van der Waals surface area contributed by atoms with E-state index in [2.05, 4.69) is 0 Å². The molecule has 4 heteroatoms. The van der Waals surface area contributed by atoms with Gasteiger partial charge in [-0.25, -0.2) is 4.79 Å². The van der Waals surface area contributed by atoms with E-state index in [9.17, 15) is 9.59 Å². The molecule has 0 saturated carbocycles. The van der Waals surface area contributed by atoms with Crippen molar-refractivity contribution in [1.82, 2.24) is 0 Å². The standard InChI is InChI=1S/C13H10O3S/c14-11(12-6-3-7-17-12)8-9-4-1-2-5-10(9)13(15)16/h1-7H,8H2,(H,15,16). The lowest BCUT2D eigenvalue weighted by molar-refractivity contribution is 0.0696. The molecule has 0 spiro atoms. The van der Waals surface area contributed by atoms with E-state index >= 15 is 0 Å². The molecule has 0 bridgehead atoms. The number of carboxylic acids is 1. The molecule has 2 aromatic rings. The van der Waals surface area contributed by atoms with Gasteiger partial charge >= 0.3 is 5.97 Å². The number of carbonyl (C=O) groups excluding carboxylic acids is 1. The van der Waals surface area contributed by atoms with E-state index < -0.39 is 5.97 Å². The summed E-state index contributed by atoms with van der Waals surface area (Å²) >= 11 is 1.37. The van der Waals surface area contributed by atoms with Gasteiger partial charge in [-0.2, -0.15) is 0 Å². The summed E-state index contributed by atoms with van der Waals surface area (Å²) < 4.78 is 0. The van der Waals surface area contributed by atoms with Crippen LogP contribution in [0.5, 0.6) is 0 Å². The second kappa shape index (κ2) is 4.93. The Morgan fingerprint density at radius 3 is 2.53 bits per heavy atom. The third kappa shape index (κ3) is 2.60. The van der Waals surface area contributed by atoms with Crippen molar-refractivity contribution in [2.45, 2.75) is 6.42 Å². The first kappa shape index (κ1) is 11.5. The fraction of sp³-hybridized carbons (Fsp3) is 0.0769. The van der Waals surface area contributed by atoms with Crippen LogP contribution in [0.15, 0.2) is 41.8 Å². The van der Waals surface area contributed by atoms with Crippen molar-refractivity contribution in [2.24, 2.45) is 0 Å². The van der Waals surface area contributed by atoms with Gasteiger partial charge in [0, 0.05) is 6.42 Å². The highest BCUT2D eigenvalue weighted by Crippen LogP contribution is 2.15. The van der Waals surface area contributed by atoms with E-state index in [1.807, 2.05) is 5.38 Å². The number of aromatic carboxylic acids is 1. The van der Waals surface area contributed by atoms with Gasteiger partial charge in [-0.15, -0.1) is 11.3 Å². The number of hydrogen-bond acceptors (Lipinski definition) is 3. The number of rotatable bonds is 4. The van der Waals surface area contributed by atoms with Crippen LogP contribution in [0.1, 0.15) is 25.6 Å². The molecule has 0 radical (unpaired) electrons. The highest BCUT2D eigenvalue weighted by Gasteiger charge is 2.14. The summed E-state index contributed by atoms with van der Waals surface area (Å²) in [6.45, 7) is 0. The SMILES string of the molecule is O=C(Cc1ccccc1C(=O)O)c1cccs1. The molecule has 0 unspecified atom stereocenters. The predicted octanol–water partition coefficient (Wildman–Crippen LogP) is 2.87. The van der Waals surface area contributed by atoms with Gasteiger partial charge in [-0.3, -0.25) is 4.79 Å². The van der Waals surface area contributed by atoms with Crippen molar-refractivity contribution in [3.63, 3.8) is 0 Å². The zero-order valence-electron chi connectivity index (χ0n) is 8.92. The van der Waals surface area contributed by atoms with E-state index in [-0.39, 0.29) is 17.8 Å². The highest BCUT2D eigenvalue weighted by molar-refractivity contribution is 7.12. The molecule has 0 aliphatic carbocycles. The topological polar surface area (TPSA) is 54.4 Å². The zero-order valence-corrected chi connectivity index (χ0v) is 9.74. The second-order valence-corrected chi connectivity index (χ2v) is 4.49. The van der Waals surface area contributed by atoms with Crippen LogP contribution >= 0.6 is 11.3 Å². The monoisotopic (exact) mass is 246 g/mol. The van der Waals surface area contributed by atoms with Crippen molar-refractivity contribution in [3.05, 3.63) is 57.8 Å². The van der Waals surface area contributed by atoms with Crippen molar-refractivity contribution >= 4 is 23.1 Å². The smallest absolute Gasteiger partial charge is 0.335 e. The summed E-state index contributed by atoms with van der Waals surface area (Å²) in [5.74, 6) is -1.05. The number of carbonyl (C=O) groups is 2. The molecule has 2 rings (SSSR count). The average molecular weight is 246 g/mol. The summed E-state index contributed by atoms with van der Waals surface area (Å²) in [4.78, 5) is 23.5. The molecule has 0 saturated heterocycles. The summed E-state index contributed by atoms with van der Waals surface area (Å²) in [6, 6.07) is 10.1. The Bertz CT molecular complexity index is 544. The molecule has 1 aromatic heterocycles. The molecule has 17 heavy (non-hydrogen) atoms. The maximum Gasteiger partial charge on any atom is 0.335 e. The van der Waals surface area contributed by atoms with Gasteiger partial charge in [0.25, 0.3) is 0 Å². The molecule has 3 nitrogen and oxygen atoms in total. The molecular weight excluding hydrogens is 236 g/mol. The predicted molar refractivity (Wildman–Crippen MR) is 65.8 cm³/mol. The number of benzene rings is 1. The Morgan fingerprint density at radius 2 is 1.88 bits per heavy atom. The van der Waals surface area contributed by atoms with Gasteiger partial charge in [0.1, 0.15) is 0 Å². The van der Waals surface area contributed by atoms with Gasteiger partial charge in [-0.1, -0.05) is 24.3 Å². The quantitative estimate of drug-likeness (QED) is 0.844. The normalized spacial score (nSPS) is 10.1. The van der Waals surface area contributed by atoms with Gasteiger partial charge in [0.2, 0.25) is 0 Å². The van der Waals surface area contributed by atoms with Crippen LogP contribution in [0.3, 0.4) is 0 Å². The molecular formula is C13H10O3S. The van der Waals surface area contributed by atoms with Crippen LogP contribution in [0, 0.1) is 0 Å². The van der Waals surface area contributed by atoms with E-state index in [0.29, 0.717) is 10.4 Å². The maximum atomic E-state index is 11.9. The molecule has 1 N–H and O–H groups in total. The lowest BCUT2D eigenvalue weighted by atomic mass is 10.0. The van der Waals surface area contributed by atoms with Crippen LogP contribution in [-0.2, 0) is 6.42 Å². The van der Waals surface area contributed by atoms with Crippen LogP contribution in [0.25, 0.3) is 0 Å². The number of carboxylic acid groups (broad SMARTS) is 1. The third-order valence-electron chi connectivity index (χ3n) is 2.39. The number of thiophene rings is 1. The zero-order chi connectivity index (χ0) is 12.3. The van der Waals surface area contributed by atoms with E-state index in [0.717, 1.165) is 0 Å². The van der Waals surface area contributed by atoms with Crippen LogP contribution in [-0.4, -0.2) is 16.9 Å². The molecule has 0 amide bonds. The highest BCUT2D eigenvalue weighted by atomic mass is 32.1. The lowest BCUT2D eigenvalue weighted by Crippen LogP contribution is -2.07. The first-order valence-corrected chi connectivity index (χ1v) is 5.94. The van der Waals surface area contributed by atoms with Crippen LogP contribution in [0.4, 0.5) is 0 Å². The van der Waals surface area contributed by atoms with E-state index in [4.69, 9.17) is 5.11 Å². The first-order valence-electron chi connectivity index (χ1n) is 5.06. The molecule has 86 valence electrons. The van der Waals surface area contributed by atoms with Gasteiger partial charge < -0.3 is 5.11 Å².